The summed E-state index contributed by atoms with van der Waals surface area (Å²) in [6, 6.07) is 4.37. The predicted molar refractivity (Wildman–Crippen MR) is 74.6 cm³/mol. The number of halogens is 1. The maximum absolute atomic E-state index is 10.7. The SMILES string of the molecule is Cc1nc(CNCc2cc([N+](=O)[O-])ccc2Cl)oc1C. The van der Waals surface area contributed by atoms with E-state index in [1.54, 1.807) is 0 Å². The first-order valence-corrected chi connectivity index (χ1v) is 6.41. The van der Waals surface area contributed by atoms with Gasteiger partial charge in [-0.25, -0.2) is 4.98 Å². The fourth-order valence-electron chi connectivity index (χ4n) is 1.73. The van der Waals surface area contributed by atoms with Crippen molar-refractivity contribution in [2.45, 2.75) is 26.9 Å². The van der Waals surface area contributed by atoms with Crippen LogP contribution < -0.4 is 5.32 Å². The molecule has 0 unspecified atom stereocenters. The first-order valence-electron chi connectivity index (χ1n) is 6.04. The van der Waals surface area contributed by atoms with Crippen LogP contribution in [0.4, 0.5) is 5.69 Å². The summed E-state index contributed by atoms with van der Waals surface area (Å²) < 4.78 is 5.43. The van der Waals surface area contributed by atoms with Crippen molar-refractivity contribution in [1.29, 1.82) is 0 Å². The summed E-state index contributed by atoms with van der Waals surface area (Å²) >= 11 is 6.01. The van der Waals surface area contributed by atoms with Crippen molar-refractivity contribution in [2.24, 2.45) is 0 Å². The lowest BCUT2D eigenvalue weighted by Crippen LogP contribution is -2.13. The van der Waals surface area contributed by atoms with Crippen molar-refractivity contribution < 1.29 is 9.34 Å². The predicted octanol–water partition coefficient (Wildman–Crippen LogP) is 3.14. The lowest BCUT2D eigenvalue weighted by Gasteiger charge is -2.05. The maximum Gasteiger partial charge on any atom is 0.269 e. The fourth-order valence-corrected chi connectivity index (χ4v) is 1.91. The second-order valence-corrected chi connectivity index (χ2v) is 4.79. The minimum Gasteiger partial charge on any atom is -0.444 e. The molecule has 0 fully saturated rings. The molecule has 0 amide bonds. The summed E-state index contributed by atoms with van der Waals surface area (Å²) in [7, 11) is 0. The Morgan fingerprint density at radius 1 is 1.40 bits per heavy atom. The van der Waals surface area contributed by atoms with E-state index in [2.05, 4.69) is 10.3 Å². The molecule has 0 saturated carbocycles. The number of nitro benzene ring substituents is 1. The van der Waals surface area contributed by atoms with Gasteiger partial charge in [-0.05, 0) is 25.5 Å². The van der Waals surface area contributed by atoms with Gasteiger partial charge in [0.15, 0.2) is 0 Å². The molecule has 106 valence electrons. The molecule has 0 aliphatic carbocycles. The highest BCUT2D eigenvalue weighted by molar-refractivity contribution is 6.31. The number of non-ortho nitro benzene ring substituents is 1. The van der Waals surface area contributed by atoms with Gasteiger partial charge in [-0.1, -0.05) is 11.6 Å². The number of nitro groups is 1. The first kappa shape index (κ1) is 14.5. The Labute approximate surface area is 120 Å². The van der Waals surface area contributed by atoms with Crippen LogP contribution in [0, 0.1) is 24.0 Å². The van der Waals surface area contributed by atoms with Gasteiger partial charge in [0.05, 0.1) is 17.2 Å². The molecule has 0 radical (unpaired) electrons. The zero-order valence-corrected chi connectivity index (χ0v) is 11.9. The molecule has 6 nitrogen and oxygen atoms in total. The molecular formula is C13H14ClN3O3. The van der Waals surface area contributed by atoms with Crippen molar-refractivity contribution in [3.63, 3.8) is 0 Å². The van der Waals surface area contributed by atoms with Crippen molar-refractivity contribution in [1.82, 2.24) is 10.3 Å². The second kappa shape index (κ2) is 6.02. The Morgan fingerprint density at radius 3 is 2.75 bits per heavy atom. The van der Waals surface area contributed by atoms with E-state index in [4.69, 9.17) is 16.0 Å². The van der Waals surface area contributed by atoms with E-state index in [1.807, 2.05) is 13.8 Å². The molecule has 2 rings (SSSR count). The molecule has 0 atom stereocenters. The van der Waals surface area contributed by atoms with Crippen molar-refractivity contribution in [3.05, 3.63) is 56.2 Å². The van der Waals surface area contributed by atoms with Crippen LogP contribution in [0.25, 0.3) is 0 Å². The number of nitrogens with one attached hydrogen (secondary N) is 1. The molecule has 0 saturated heterocycles. The average molecular weight is 296 g/mol. The minimum absolute atomic E-state index is 0.0222. The minimum atomic E-state index is -0.444. The van der Waals surface area contributed by atoms with E-state index in [0.29, 0.717) is 29.6 Å². The lowest BCUT2D eigenvalue weighted by atomic mass is 10.2. The second-order valence-electron chi connectivity index (χ2n) is 4.39. The Balaban J connectivity index is 2.00. The number of nitrogens with zero attached hydrogens (tertiary/aromatic N) is 2. The number of hydrogen-bond acceptors (Lipinski definition) is 5. The van der Waals surface area contributed by atoms with E-state index in [9.17, 15) is 10.1 Å². The molecule has 0 aliphatic rings. The molecule has 0 aliphatic heterocycles. The van der Waals surface area contributed by atoms with Gasteiger partial charge in [0, 0.05) is 23.7 Å². The number of benzene rings is 1. The summed E-state index contributed by atoms with van der Waals surface area (Å²) in [5.41, 5.74) is 1.55. The molecule has 0 bridgehead atoms. The Bertz CT molecular complexity index is 620. The number of rotatable bonds is 5. The van der Waals surface area contributed by atoms with Crippen LogP contribution in [-0.4, -0.2) is 9.91 Å². The van der Waals surface area contributed by atoms with Gasteiger partial charge in [-0.2, -0.15) is 0 Å². The number of hydrogen-bond donors (Lipinski definition) is 1. The van der Waals surface area contributed by atoms with Gasteiger partial charge in [0.1, 0.15) is 5.76 Å². The third-order valence-electron chi connectivity index (χ3n) is 2.90. The van der Waals surface area contributed by atoms with E-state index >= 15 is 0 Å². The van der Waals surface area contributed by atoms with E-state index in [1.165, 1.54) is 18.2 Å². The summed E-state index contributed by atoms with van der Waals surface area (Å²) in [4.78, 5) is 14.5. The summed E-state index contributed by atoms with van der Waals surface area (Å²) in [5, 5.41) is 14.3. The van der Waals surface area contributed by atoms with Gasteiger partial charge >= 0.3 is 0 Å². The number of aryl methyl sites for hydroxylation is 2. The molecule has 1 aromatic carbocycles. The number of aromatic nitrogens is 1. The standard InChI is InChI=1S/C13H14ClN3O3/c1-8-9(2)20-13(16-8)7-15-6-10-5-11(17(18)19)3-4-12(10)14/h3-5,15H,6-7H2,1-2H3. The van der Waals surface area contributed by atoms with E-state index in [0.717, 1.165) is 11.5 Å². The van der Waals surface area contributed by atoms with Crippen LogP contribution in [0.2, 0.25) is 5.02 Å². The first-order chi connectivity index (χ1) is 9.47. The normalized spacial score (nSPS) is 10.8. The molecule has 0 spiro atoms. The lowest BCUT2D eigenvalue weighted by molar-refractivity contribution is -0.384. The van der Waals surface area contributed by atoms with Crippen LogP contribution >= 0.6 is 11.6 Å². The van der Waals surface area contributed by atoms with Gasteiger partial charge < -0.3 is 9.73 Å². The highest BCUT2D eigenvalue weighted by Crippen LogP contribution is 2.22. The van der Waals surface area contributed by atoms with Gasteiger partial charge in [-0.15, -0.1) is 0 Å². The average Bonchev–Trinajstić information content (AvgIpc) is 2.70. The topological polar surface area (TPSA) is 81.2 Å². The van der Waals surface area contributed by atoms with Crippen molar-refractivity contribution >= 4 is 17.3 Å². The highest BCUT2D eigenvalue weighted by atomic mass is 35.5. The Hall–Kier alpha value is -1.92. The van der Waals surface area contributed by atoms with E-state index < -0.39 is 4.92 Å². The third kappa shape index (κ3) is 3.34. The van der Waals surface area contributed by atoms with Crippen molar-refractivity contribution in [3.8, 4) is 0 Å². The largest absolute Gasteiger partial charge is 0.444 e. The molecular weight excluding hydrogens is 282 g/mol. The fraction of sp³-hybridized carbons (Fsp3) is 0.308. The van der Waals surface area contributed by atoms with E-state index in [-0.39, 0.29) is 5.69 Å². The van der Waals surface area contributed by atoms with Crippen LogP contribution in [-0.2, 0) is 13.1 Å². The van der Waals surface area contributed by atoms with Gasteiger partial charge in [0.2, 0.25) is 5.89 Å². The Kier molecular flexibility index (Phi) is 4.36. The highest BCUT2D eigenvalue weighted by Gasteiger charge is 2.10. The maximum atomic E-state index is 10.7. The van der Waals surface area contributed by atoms with Crippen molar-refractivity contribution in [2.75, 3.05) is 0 Å². The summed E-state index contributed by atoms with van der Waals surface area (Å²) in [6.45, 7) is 4.57. The number of oxazole rings is 1. The van der Waals surface area contributed by atoms with Gasteiger partial charge in [-0.3, -0.25) is 10.1 Å². The Morgan fingerprint density at radius 2 is 2.15 bits per heavy atom. The zero-order chi connectivity index (χ0) is 14.7. The van der Waals surface area contributed by atoms with Crippen LogP contribution in [0.1, 0.15) is 22.9 Å². The molecule has 1 heterocycles. The molecule has 1 N–H and O–H groups in total. The van der Waals surface area contributed by atoms with Gasteiger partial charge in [0.25, 0.3) is 5.69 Å². The van der Waals surface area contributed by atoms with Crippen LogP contribution in [0.15, 0.2) is 22.6 Å². The zero-order valence-electron chi connectivity index (χ0n) is 11.1. The van der Waals surface area contributed by atoms with Crippen LogP contribution in [0.5, 0.6) is 0 Å². The summed E-state index contributed by atoms with van der Waals surface area (Å²) in [6.07, 6.45) is 0. The smallest absolute Gasteiger partial charge is 0.269 e. The summed E-state index contributed by atoms with van der Waals surface area (Å²) in [5.74, 6) is 1.37. The third-order valence-corrected chi connectivity index (χ3v) is 3.27. The molecule has 7 heteroatoms. The van der Waals surface area contributed by atoms with Crippen LogP contribution in [0.3, 0.4) is 0 Å². The molecule has 2 aromatic rings. The quantitative estimate of drug-likeness (QED) is 0.677. The monoisotopic (exact) mass is 295 g/mol. The molecule has 20 heavy (non-hydrogen) atoms. The molecule has 1 aromatic heterocycles.